The molecular formula is C29H37N3O6. The molecule has 0 bridgehead atoms. The Morgan fingerprint density at radius 3 is 2.42 bits per heavy atom. The predicted molar refractivity (Wildman–Crippen MR) is 144 cm³/mol. The molecule has 4 rings (SSSR count). The summed E-state index contributed by atoms with van der Waals surface area (Å²) in [6.07, 6.45) is 3.07. The lowest BCUT2D eigenvalue weighted by molar-refractivity contribution is -0.152. The number of esters is 1. The summed E-state index contributed by atoms with van der Waals surface area (Å²) in [6.45, 7) is 5.40. The molecule has 0 aliphatic carbocycles. The molecule has 1 saturated heterocycles. The van der Waals surface area contributed by atoms with Crippen molar-refractivity contribution in [2.24, 2.45) is 5.10 Å². The lowest BCUT2D eigenvalue weighted by Crippen LogP contribution is -2.49. The number of methoxy groups -OCH3 is 2. The fourth-order valence-electron chi connectivity index (χ4n) is 5.08. The average molecular weight is 524 g/mol. The van der Waals surface area contributed by atoms with Gasteiger partial charge in [-0.25, -0.2) is 5.01 Å². The third-order valence-corrected chi connectivity index (χ3v) is 6.97. The van der Waals surface area contributed by atoms with Crippen LogP contribution in [0.5, 0.6) is 17.2 Å². The van der Waals surface area contributed by atoms with Gasteiger partial charge >= 0.3 is 5.97 Å². The number of benzene rings is 2. The topological polar surface area (TPSA) is 89.9 Å². The van der Waals surface area contributed by atoms with E-state index in [1.54, 1.807) is 26.2 Å². The second kappa shape index (κ2) is 12.8. The van der Waals surface area contributed by atoms with E-state index in [-0.39, 0.29) is 24.5 Å². The van der Waals surface area contributed by atoms with Crippen LogP contribution in [0.2, 0.25) is 0 Å². The number of hydrogen-bond donors (Lipinski definition) is 0. The van der Waals surface area contributed by atoms with Gasteiger partial charge in [0.1, 0.15) is 23.3 Å². The van der Waals surface area contributed by atoms with Gasteiger partial charge in [-0.1, -0.05) is 18.6 Å². The minimum atomic E-state index is -0.413. The van der Waals surface area contributed by atoms with Crippen LogP contribution < -0.4 is 14.2 Å². The van der Waals surface area contributed by atoms with Crippen LogP contribution in [0.3, 0.4) is 0 Å². The van der Waals surface area contributed by atoms with Gasteiger partial charge in [0, 0.05) is 18.1 Å². The van der Waals surface area contributed by atoms with Gasteiger partial charge in [0.2, 0.25) is 0 Å². The van der Waals surface area contributed by atoms with Gasteiger partial charge in [0.05, 0.1) is 45.7 Å². The smallest absolute Gasteiger partial charge is 0.323 e. The highest BCUT2D eigenvalue weighted by Gasteiger charge is 2.37. The van der Waals surface area contributed by atoms with Crippen LogP contribution in [0.15, 0.2) is 47.6 Å². The molecule has 9 nitrogen and oxygen atoms in total. The van der Waals surface area contributed by atoms with Gasteiger partial charge in [-0.2, -0.15) is 5.10 Å². The molecule has 204 valence electrons. The first kappa shape index (κ1) is 27.4. The number of amides is 1. The van der Waals surface area contributed by atoms with Crippen molar-refractivity contribution in [3.63, 3.8) is 0 Å². The first-order valence-corrected chi connectivity index (χ1v) is 13.2. The number of ether oxygens (including phenoxy) is 4. The lowest BCUT2D eigenvalue weighted by Gasteiger charge is -2.34. The second-order valence-corrected chi connectivity index (χ2v) is 9.31. The zero-order chi connectivity index (χ0) is 27.1. The molecule has 0 N–H and O–H groups in total. The summed E-state index contributed by atoms with van der Waals surface area (Å²) in [6, 6.07) is 12.6. The molecule has 38 heavy (non-hydrogen) atoms. The number of hydrazone groups is 1. The van der Waals surface area contributed by atoms with Gasteiger partial charge in [-0.15, -0.1) is 0 Å². The van der Waals surface area contributed by atoms with Crippen molar-refractivity contribution in [3.05, 3.63) is 53.6 Å². The number of piperidine rings is 1. The maximum atomic E-state index is 13.8. The summed E-state index contributed by atoms with van der Waals surface area (Å²) in [4.78, 5) is 28.3. The highest BCUT2D eigenvalue weighted by Crippen LogP contribution is 2.37. The molecule has 2 aromatic carbocycles. The van der Waals surface area contributed by atoms with E-state index in [9.17, 15) is 9.59 Å². The van der Waals surface area contributed by atoms with Gasteiger partial charge in [-0.3, -0.25) is 14.5 Å². The molecule has 2 aliphatic heterocycles. The molecule has 0 spiro atoms. The van der Waals surface area contributed by atoms with Gasteiger partial charge < -0.3 is 18.9 Å². The lowest BCUT2D eigenvalue weighted by atomic mass is 9.97. The number of likely N-dealkylation sites (tertiary alicyclic amines) is 1. The summed E-state index contributed by atoms with van der Waals surface area (Å²) >= 11 is 0. The molecule has 1 fully saturated rings. The minimum absolute atomic E-state index is 0.0908. The molecule has 1 amide bonds. The van der Waals surface area contributed by atoms with Crippen LogP contribution in [0.25, 0.3) is 0 Å². The number of rotatable bonds is 10. The van der Waals surface area contributed by atoms with E-state index >= 15 is 0 Å². The average Bonchev–Trinajstić information content (AvgIpc) is 3.39. The molecule has 2 atom stereocenters. The van der Waals surface area contributed by atoms with Crippen LogP contribution in [0.1, 0.15) is 56.7 Å². The molecule has 2 aromatic rings. The van der Waals surface area contributed by atoms with E-state index in [2.05, 4.69) is 0 Å². The largest absolute Gasteiger partial charge is 0.497 e. The third kappa shape index (κ3) is 6.10. The molecule has 2 aliphatic rings. The van der Waals surface area contributed by atoms with Crippen molar-refractivity contribution < 1.29 is 28.5 Å². The molecule has 0 unspecified atom stereocenters. The Kier molecular flexibility index (Phi) is 9.23. The van der Waals surface area contributed by atoms with Crippen LogP contribution in [-0.2, 0) is 14.3 Å². The van der Waals surface area contributed by atoms with E-state index in [0.717, 1.165) is 35.4 Å². The first-order valence-electron chi connectivity index (χ1n) is 13.2. The number of carbonyl (C=O) groups is 2. The standard InChI is InChI=1S/C29H37N3O6/c1-5-37-21-12-10-20(11-13-21)26-18-24(23-15-14-22(35-3)17-27(23)36-4)30-32(26)28(33)19-31-16-8-7-9-25(31)29(34)38-6-2/h10-15,17,25-26H,5-9,16,18-19H2,1-4H3/t25-,26-/m0/s1. The number of hydrogen-bond acceptors (Lipinski definition) is 8. The number of nitrogens with zero attached hydrogens (tertiary/aromatic N) is 3. The van der Waals surface area contributed by atoms with Crippen molar-refractivity contribution in [1.29, 1.82) is 0 Å². The summed E-state index contributed by atoms with van der Waals surface area (Å²) in [7, 11) is 3.21. The number of carbonyl (C=O) groups excluding carboxylic acids is 2. The monoisotopic (exact) mass is 523 g/mol. The maximum Gasteiger partial charge on any atom is 0.323 e. The first-order chi connectivity index (χ1) is 18.5. The summed E-state index contributed by atoms with van der Waals surface area (Å²) in [5.41, 5.74) is 2.51. The van der Waals surface area contributed by atoms with E-state index < -0.39 is 6.04 Å². The van der Waals surface area contributed by atoms with Crippen molar-refractivity contribution >= 4 is 17.6 Å². The van der Waals surface area contributed by atoms with Crippen LogP contribution in [-0.4, -0.2) is 74.1 Å². The fraction of sp³-hybridized carbons (Fsp3) is 0.483. The predicted octanol–water partition coefficient (Wildman–Crippen LogP) is 4.20. The van der Waals surface area contributed by atoms with E-state index in [4.69, 9.17) is 24.0 Å². The minimum Gasteiger partial charge on any atom is -0.497 e. The van der Waals surface area contributed by atoms with E-state index in [1.165, 1.54) is 0 Å². The quantitative estimate of drug-likeness (QED) is 0.431. The maximum absolute atomic E-state index is 13.8. The molecule has 0 aromatic heterocycles. The Hall–Kier alpha value is -3.59. The van der Waals surface area contributed by atoms with Crippen LogP contribution >= 0.6 is 0 Å². The normalized spacial score (nSPS) is 19.6. The van der Waals surface area contributed by atoms with E-state index in [0.29, 0.717) is 44.1 Å². The molecule has 9 heteroatoms. The van der Waals surface area contributed by atoms with Crippen molar-refractivity contribution in [1.82, 2.24) is 9.91 Å². The van der Waals surface area contributed by atoms with Crippen molar-refractivity contribution in [2.45, 2.75) is 51.6 Å². The Morgan fingerprint density at radius 2 is 1.74 bits per heavy atom. The molecule has 0 saturated carbocycles. The zero-order valence-corrected chi connectivity index (χ0v) is 22.6. The van der Waals surface area contributed by atoms with Gasteiger partial charge in [0.15, 0.2) is 0 Å². The van der Waals surface area contributed by atoms with Crippen molar-refractivity contribution in [3.8, 4) is 17.2 Å². The highest BCUT2D eigenvalue weighted by molar-refractivity contribution is 6.05. The Balaban J connectivity index is 1.64. The third-order valence-electron chi connectivity index (χ3n) is 6.97. The molecule has 2 heterocycles. The summed E-state index contributed by atoms with van der Waals surface area (Å²) < 4.78 is 21.9. The van der Waals surface area contributed by atoms with Crippen molar-refractivity contribution in [2.75, 3.05) is 40.5 Å². The molecule has 0 radical (unpaired) electrons. The molecular weight excluding hydrogens is 486 g/mol. The Morgan fingerprint density at radius 1 is 0.974 bits per heavy atom. The highest BCUT2D eigenvalue weighted by atomic mass is 16.5. The van der Waals surface area contributed by atoms with Crippen LogP contribution in [0, 0.1) is 0 Å². The SMILES string of the molecule is CCOC(=O)[C@@H]1CCCCN1CC(=O)N1N=C(c2ccc(OC)cc2OC)C[C@H]1c1ccc(OCC)cc1. The Labute approximate surface area is 224 Å². The van der Waals surface area contributed by atoms with Gasteiger partial charge in [0.25, 0.3) is 5.91 Å². The zero-order valence-electron chi connectivity index (χ0n) is 22.6. The summed E-state index contributed by atoms with van der Waals surface area (Å²) in [5, 5.41) is 6.38. The Bertz CT molecular complexity index is 1150. The van der Waals surface area contributed by atoms with Gasteiger partial charge in [-0.05, 0) is 63.1 Å². The second-order valence-electron chi connectivity index (χ2n) is 9.31. The fourth-order valence-corrected chi connectivity index (χ4v) is 5.08. The summed E-state index contributed by atoms with van der Waals surface area (Å²) in [5.74, 6) is 1.64. The van der Waals surface area contributed by atoms with Crippen LogP contribution in [0.4, 0.5) is 0 Å². The van der Waals surface area contributed by atoms with E-state index in [1.807, 2.05) is 54.3 Å².